The molecule has 40 heavy (non-hydrogen) atoms. The number of anilines is 2. The van der Waals surface area contributed by atoms with Gasteiger partial charge in [0.1, 0.15) is 5.82 Å². The molecule has 1 fully saturated rings. The summed E-state index contributed by atoms with van der Waals surface area (Å²) in [6.45, 7) is 11.2. The smallest absolute Gasteiger partial charge is 0.324 e. The number of carbonyl (C=O) groups is 3. The van der Waals surface area contributed by atoms with Gasteiger partial charge in [-0.25, -0.2) is 9.48 Å². The lowest BCUT2D eigenvalue weighted by atomic mass is 9.90. The SMILES string of the molecule is CC(=O)NCC(=O)N1CCC(Cc2cccc(NC(=O)Nc3cc(C(C)(C)C)nn3-c3ccc(C)cc3)c2)CC1. The number of hydrogen-bond acceptors (Lipinski definition) is 4. The van der Waals surface area contributed by atoms with Gasteiger partial charge < -0.3 is 15.5 Å². The Kier molecular flexibility index (Phi) is 8.92. The maximum absolute atomic E-state index is 13.0. The molecule has 1 aliphatic rings. The maximum atomic E-state index is 13.0. The van der Waals surface area contributed by atoms with Gasteiger partial charge in [-0.2, -0.15) is 5.10 Å². The second kappa shape index (κ2) is 12.4. The molecule has 3 N–H and O–H groups in total. The third kappa shape index (κ3) is 7.71. The molecule has 0 aliphatic carbocycles. The van der Waals surface area contributed by atoms with Crippen molar-refractivity contribution in [2.75, 3.05) is 30.3 Å². The summed E-state index contributed by atoms with van der Waals surface area (Å²) in [5.41, 5.74) is 4.59. The summed E-state index contributed by atoms with van der Waals surface area (Å²) in [6, 6.07) is 17.5. The standard InChI is InChI=1S/C31H40N6O3/c1-21-9-11-26(12-10-21)37-28(19-27(35-37)31(3,4)5)34-30(40)33-25-8-6-7-24(18-25)17-23-13-15-36(16-14-23)29(39)20-32-22(2)38/h6-12,18-19,23H,13-17,20H2,1-5H3,(H,32,38)(H2,33,34,40). The molecule has 9 nitrogen and oxygen atoms in total. The number of hydrogen-bond donors (Lipinski definition) is 3. The molecule has 3 aromatic rings. The van der Waals surface area contributed by atoms with Crippen molar-refractivity contribution in [3.05, 3.63) is 71.4 Å². The Morgan fingerprint density at radius 3 is 2.33 bits per heavy atom. The molecule has 0 unspecified atom stereocenters. The zero-order chi connectivity index (χ0) is 28.9. The number of carbonyl (C=O) groups excluding carboxylic acids is 3. The van der Waals surface area contributed by atoms with Crippen molar-refractivity contribution in [1.82, 2.24) is 20.0 Å². The quantitative estimate of drug-likeness (QED) is 0.387. The van der Waals surface area contributed by atoms with Gasteiger partial charge in [0.25, 0.3) is 0 Å². The Bertz CT molecular complexity index is 1350. The van der Waals surface area contributed by atoms with Crippen LogP contribution in [0.2, 0.25) is 0 Å². The molecule has 1 aromatic heterocycles. The van der Waals surface area contributed by atoms with E-state index >= 15 is 0 Å². The molecular weight excluding hydrogens is 504 g/mol. The summed E-state index contributed by atoms with van der Waals surface area (Å²) in [4.78, 5) is 38.2. The molecule has 0 radical (unpaired) electrons. The van der Waals surface area contributed by atoms with Crippen molar-refractivity contribution >= 4 is 29.4 Å². The number of rotatable bonds is 7. The minimum absolute atomic E-state index is 0.0378. The van der Waals surface area contributed by atoms with E-state index < -0.39 is 0 Å². The predicted octanol–water partition coefficient (Wildman–Crippen LogP) is 5.04. The second-order valence-electron chi connectivity index (χ2n) is 11.6. The fraction of sp³-hybridized carbons (Fsp3) is 0.419. The van der Waals surface area contributed by atoms with Crippen LogP contribution in [0.15, 0.2) is 54.6 Å². The van der Waals surface area contributed by atoms with E-state index in [1.165, 1.54) is 6.92 Å². The first-order valence-corrected chi connectivity index (χ1v) is 13.8. The van der Waals surface area contributed by atoms with Gasteiger partial charge in [-0.1, -0.05) is 50.6 Å². The highest BCUT2D eigenvalue weighted by atomic mass is 16.2. The van der Waals surface area contributed by atoms with Crippen molar-refractivity contribution in [3.8, 4) is 5.69 Å². The van der Waals surface area contributed by atoms with Crippen molar-refractivity contribution in [3.63, 3.8) is 0 Å². The lowest BCUT2D eigenvalue weighted by Gasteiger charge is -2.32. The highest BCUT2D eigenvalue weighted by molar-refractivity contribution is 5.99. The van der Waals surface area contributed by atoms with E-state index in [4.69, 9.17) is 5.10 Å². The highest BCUT2D eigenvalue weighted by Crippen LogP contribution is 2.27. The molecule has 0 atom stereocenters. The number of urea groups is 1. The number of benzene rings is 2. The third-order valence-electron chi connectivity index (χ3n) is 7.16. The van der Waals surface area contributed by atoms with Gasteiger partial charge in [0, 0.05) is 37.2 Å². The Hall–Kier alpha value is -4.14. The van der Waals surface area contributed by atoms with Gasteiger partial charge in [-0.05, 0) is 61.9 Å². The van der Waals surface area contributed by atoms with E-state index in [0.29, 0.717) is 24.8 Å². The maximum Gasteiger partial charge on any atom is 0.324 e. The molecular formula is C31H40N6O3. The van der Waals surface area contributed by atoms with Gasteiger partial charge >= 0.3 is 6.03 Å². The van der Waals surface area contributed by atoms with Crippen molar-refractivity contribution in [2.24, 2.45) is 5.92 Å². The minimum atomic E-state index is -0.336. The van der Waals surface area contributed by atoms with Crippen LogP contribution in [0.4, 0.5) is 16.3 Å². The van der Waals surface area contributed by atoms with Crippen LogP contribution >= 0.6 is 0 Å². The number of aryl methyl sites for hydroxylation is 1. The molecule has 2 heterocycles. The van der Waals surface area contributed by atoms with Crippen LogP contribution in [0.25, 0.3) is 5.69 Å². The van der Waals surface area contributed by atoms with E-state index in [0.717, 1.165) is 47.5 Å². The Labute approximate surface area is 236 Å². The van der Waals surface area contributed by atoms with E-state index in [-0.39, 0.29) is 29.8 Å². The topological polar surface area (TPSA) is 108 Å². The van der Waals surface area contributed by atoms with Crippen LogP contribution in [0.3, 0.4) is 0 Å². The molecule has 0 bridgehead atoms. The largest absolute Gasteiger partial charge is 0.347 e. The summed E-state index contributed by atoms with van der Waals surface area (Å²) >= 11 is 0. The number of aromatic nitrogens is 2. The molecule has 2 aromatic carbocycles. The zero-order valence-electron chi connectivity index (χ0n) is 24.1. The summed E-state index contributed by atoms with van der Waals surface area (Å²) in [7, 11) is 0. The molecule has 1 aliphatic heterocycles. The summed E-state index contributed by atoms with van der Waals surface area (Å²) in [6.07, 6.45) is 2.69. The van der Waals surface area contributed by atoms with Gasteiger partial charge in [-0.15, -0.1) is 0 Å². The summed E-state index contributed by atoms with van der Waals surface area (Å²) < 4.78 is 1.77. The zero-order valence-corrected chi connectivity index (χ0v) is 24.1. The fourth-order valence-electron chi connectivity index (χ4n) is 4.81. The number of likely N-dealkylation sites (tertiary alicyclic amines) is 1. The summed E-state index contributed by atoms with van der Waals surface area (Å²) in [5, 5.41) is 13.3. The van der Waals surface area contributed by atoms with E-state index in [9.17, 15) is 14.4 Å². The predicted molar refractivity (Wildman–Crippen MR) is 158 cm³/mol. The first-order valence-electron chi connectivity index (χ1n) is 13.8. The van der Waals surface area contributed by atoms with Gasteiger partial charge in [-0.3, -0.25) is 14.9 Å². The Balaban J connectivity index is 1.37. The van der Waals surface area contributed by atoms with Crippen LogP contribution in [0.1, 0.15) is 57.4 Å². The lowest BCUT2D eigenvalue weighted by Crippen LogP contribution is -2.44. The monoisotopic (exact) mass is 544 g/mol. The average molecular weight is 545 g/mol. The van der Waals surface area contributed by atoms with Gasteiger partial charge in [0.15, 0.2) is 0 Å². The number of piperidine rings is 1. The number of nitrogens with zero attached hydrogens (tertiary/aromatic N) is 3. The first kappa shape index (κ1) is 28.9. The third-order valence-corrected chi connectivity index (χ3v) is 7.16. The molecule has 0 spiro atoms. The average Bonchev–Trinajstić information content (AvgIpc) is 3.32. The number of amides is 4. The molecule has 212 valence electrons. The Morgan fingerprint density at radius 2 is 1.68 bits per heavy atom. The van der Waals surface area contributed by atoms with Crippen molar-refractivity contribution < 1.29 is 14.4 Å². The van der Waals surface area contributed by atoms with E-state index in [1.54, 1.807) is 4.68 Å². The van der Waals surface area contributed by atoms with Gasteiger partial charge in [0.05, 0.1) is 17.9 Å². The normalized spacial score (nSPS) is 14.1. The van der Waals surface area contributed by atoms with Crippen molar-refractivity contribution in [1.29, 1.82) is 0 Å². The highest BCUT2D eigenvalue weighted by Gasteiger charge is 2.24. The Morgan fingerprint density at radius 1 is 0.975 bits per heavy atom. The molecule has 0 saturated carbocycles. The minimum Gasteiger partial charge on any atom is -0.347 e. The molecule has 1 saturated heterocycles. The molecule has 4 amide bonds. The molecule has 9 heteroatoms. The van der Waals surface area contributed by atoms with Crippen LogP contribution in [0.5, 0.6) is 0 Å². The molecule has 4 rings (SSSR count). The lowest BCUT2D eigenvalue weighted by molar-refractivity contribution is -0.133. The van der Waals surface area contributed by atoms with Crippen LogP contribution in [-0.4, -0.2) is 52.2 Å². The fourth-order valence-corrected chi connectivity index (χ4v) is 4.81. The summed E-state index contributed by atoms with van der Waals surface area (Å²) in [5.74, 6) is 0.817. The van der Waals surface area contributed by atoms with Gasteiger partial charge in [0.2, 0.25) is 11.8 Å². The van der Waals surface area contributed by atoms with Crippen molar-refractivity contribution in [2.45, 2.75) is 59.3 Å². The van der Waals surface area contributed by atoms with E-state index in [2.05, 4.69) is 42.8 Å². The second-order valence-corrected chi connectivity index (χ2v) is 11.6. The van der Waals surface area contributed by atoms with Crippen LogP contribution in [0, 0.1) is 12.8 Å². The number of nitrogens with one attached hydrogen (secondary N) is 3. The van der Waals surface area contributed by atoms with Crippen LogP contribution < -0.4 is 16.0 Å². The van der Waals surface area contributed by atoms with Crippen LogP contribution in [-0.2, 0) is 21.4 Å². The van der Waals surface area contributed by atoms with E-state index in [1.807, 2.05) is 60.4 Å². The first-order chi connectivity index (χ1) is 19.0.